The molecule has 0 aromatic carbocycles. The maximum atomic E-state index is 11.0. The lowest BCUT2D eigenvalue weighted by Gasteiger charge is -2.36. The van der Waals surface area contributed by atoms with Crippen LogP contribution in [-0.4, -0.2) is 17.7 Å². The molecule has 0 radical (unpaired) electrons. The number of ketones is 1. The molecule has 0 atom stereocenters. The first-order chi connectivity index (χ1) is 6.22. The monoisotopic (exact) mass is 183 g/mol. The number of Topliss-reactive ketones (excluding diaryl/α,β-unsaturated/α-hetero) is 1. The number of rotatable bonds is 4. The highest BCUT2D eigenvalue weighted by molar-refractivity contribution is 5.79. The van der Waals surface area contributed by atoms with Crippen LogP contribution in [0.15, 0.2) is 0 Å². The lowest BCUT2D eigenvalue weighted by Crippen LogP contribution is -2.47. The molecule has 3 nitrogen and oxygen atoms in total. The molecule has 0 spiro atoms. The van der Waals surface area contributed by atoms with Gasteiger partial charge >= 0.3 is 0 Å². The van der Waals surface area contributed by atoms with Gasteiger partial charge in [0.2, 0.25) is 6.41 Å². The Kier molecular flexibility index (Phi) is 3.46. The summed E-state index contributed by atoms with van der Waals surface area (Å²) < 4.78 is 0. The van der Waals surface area contributed by atoms with Gasteiger partial charge in [0.05, 0.1) is 0 Å². The van der Waals surface area contributed by atoms with Crippen molar-refractivity contribution in [3.8, 4) is 0 Å². The molecule has 0 aliphatic heterocycles. The standard InChI is InChI=1S/C10H17NO2/c1-2-5-10(11-8-12)6-3-9(13)4-7-10/h8H,2-7H2,1H3,(H,11,12). The molecule has 0 unspecified atom stereocenters. The van der Waals surface area contributed by atoms with E-state index in [0.717, 1.165) is 32.1 Å². The molecule has 1 rings (SSSR count). The normalized spacial score (nSPS) is 21.2. The molecule has 0 bridgehead atoms. The fourth-order valence-corrected chi connectivity index (χ4v) is 2.08. The quantitative estimate of drug-likeness (QED) is 0.670. The van der Waals surface area contributed by atoms with Crippen molar-refractivity contribution >= 4 is 12.2 Å². The van der Waals surface area contributed by atoms with Crippen LogP contribution in [0.4, 0.5) is 0 Å². The zero-order chi connectivity index (χ0) is 9.73. The molecule has 1 aliphatic carbocycles. The molecule has 74 valence electrons. The molecular weight excluding hydrogens is 166 g/mol. The first-order valence-corrected chi connectivity index (χ1v) is 4.95. The number of carbonyl (C=O) groups excluding carboxylic acids is 2. The van der Waals surface area contributed by atoms with Crippen LogP contribution in [0, 0.1) is 0 Å². The summed E-state index contributed by atoms with van der Waals surface area (Å²) in [6.07, 6.45) is 5.69. The summed E-state index contributed by atoms with van der Waals surface area (Å²) in [7, 11) is 0. The van der Waals surface area contributed by atoms with E-state index in [1.165, 1.54) is 0 Å². The average Bonchev–Trinajstić information content (AvgIpc) is 2.11. The molecule has 13 heavy (non-hydrogen) atoms. The largest absolute Gasteiger partial charge is 0.353 e. The van der Waals surface area contributed by atoms with Gasteiger partial charge in [0.25, 0.3) is 0 Å². The van der Waals surface area contributed by atoms with E-state index in [0.29, 0.717) is 18.6 Å². The van der Waals surface area contributed by atoms with Crippen molar-refractivity contribution in [2.45, 2.75) is 51.0 Å². The van der Waals surface area contributed by atoms with Crippen molar-refractivity contribution in [3.63, 3.8) is 0 Å². The van der Waals surface area contributed by atoms with E-state index in [-0.39, 0.29) is 5.54 Å². The van der Waals surface area contributed by atoms with E-state index in [4.69, 9.17) is 0 Å². The zero-order valence-electron chi connectivity index (χ0n) is 8.14. The summed E-state index contributed by atoms with van der Waals surface area (Å²) in [5, 5.41) is 2.89. The second kappa shape index (κ2) is 4.40. The molecule has 1 N–H and O–H groups in total. The third-order valence-corrected chi connectivity index (χ3v) is 2.86. The van der Waals surface area contributed by atoms with Gasteiger partial charge in [-0.2, -0.15) is 0 Å². The summed E-state index contributed by atoms with van der Waals surface area (Å²) in [6, 6.07) is 0. The topological polar surface area (TPSA) is 46.2 Å². The van der Waals surface area contributed by atoms with Gasteiger partial charge < -0.3 is 5.32 Å². The third-order valence-electron chi connectivity index (χ3n) is 2.86. The highest BCUT2D eigenvalue weighted by Gasteiger charge is 2.32. The van der Waals surface area contributed by atoms with E-state index in [9.17, 15) is 9.59 Å². The molecule has 0 aromatic heterocycles. The van der Waals surface area contributed by atoms with Gasteiger partial charge in [-0.3, -0.25) is 9.59 Å². The van der Waals surface area contributed by atoms with Gasteiger partial charge in [0, 0.05) is 18.4 Å². The van der Waals surface area contributed by atoms with Gasteiger partial charge in [-0.25, -0.2) is 0 Å². The maximum Gasteiger partial charge on any atom is 0.207 e. The summed E-state index contributed by atoms with van der Waals surface area (Å²) in [5.74, 6) is 0.333. The summed E-state index contributed by atoms with van der Waals surface area (Å²) in [4.78, 5) is 21.5. The van der Waals surface area contributed by atoms with Crippen LogP contribution in [0.5, 0.6) is 0 Å². The van der Waals surface area contributed by atoms with Crippen molar-refractivity contribution in [3.05, 3.63) is 0 Å². The smallest absolute Gasteiger partial charge is 0.207 e. The second-order valence-electron chi connectivity index (χ2n) is 3.83. The highest BCUT2D eigenvalue weighted by atomic mass is 16.1. The van der Waals surface area contributed by atoms with E-state index < -0.39 is 0 Å². The van der Waals surface area contributed by atoms with E-state index in [1.807, 2.05) is 0 Å². The third kappa shape index (κ3) is 2.54. The lowest BCUT2D eigenvalue weighted by molar-refractivity contribution is -0.123. The van der Waals surface area contributed by atoms with Gasteiger partial charge in [-0.1, -0.05) is 13.3 Å². The number of hydrogen-bond donors (Lipinski definition) is 1. The Hall–Kier alpha value is -0.860. The van der Waals surface area contributed by atoms with Crippen molar-refractivity contribution in [2.75, 3.05) is 0 Å². The molecule has 1 amide bonds. The second-order valence-corrected chi connectivity index (χ2v) is 3.83. The molecule has 0 saturated heterocycles. The minimum absolute atomic E-state index is 0.0790. The van der Waals surface area contributed by atoms with Crippen molar-refractivity contribution in [1.82, 2.24) is 5.32 Å². The van der Waals surface area contributed by atoms with E-state index in [2.05, 4.69) is 12.2 Å². The predicted molar refractivity (Wildman–Crippen MR) is 50.3 cm³/mol. The molecule has 0 aromatic rings. The average molecular weight is 183 g/mol. The van der Waals surface area contributed by atoms with Gasteiger partial charge in [-0.15, -0.1) is 0 Å². The molecular formula is C10H17NO2. The highest BCUT2D eigenvalue weighted by Crippen LogP contribution is 2.29. The predicted octanol–water partition coefficient (Wildman–Crippen LogP) is 1.41. The van der Waals surface area contributed by atoms with E-state index in [1.54, 1.807) is 0 Å². The Morgan fingerprint density at radius 1 is 1.46 bits per heavy atom. The minimum Gasteiger partial charge on any atom is -0.353 e. The first kappa shape index (κ1) is 10.2. The van der Waals surface area contributed by atoms with Crippen LogP contribution in [0.1, 0.15) is 45.4 Å². The van der Waals surface area contributed by atoms with Crippen LogP contribution in [-0.2, 0) is 9.59 Å². The minimum atomic E-state index is -0.0790. The molecule has 1 fully saturated rings. The number of amides is 1. The van der Waals surface area contributed by atoms with Crippen LogP contribution in [0.25, 0.3) is 0 Å². The Morgan fingerprint density at radius 3 is 2.54 bits per heavy atom. The molecule has 0 heterocycles. The van der Waals surface area contributed by atoms with Gasteiger partial charge in [0.1, 0.15) is 5.78 Å². The summed E-state index contributed by atoms with van der Waals surface area (Å²) in [6.45, 7) is 2.10. The molecule has 1 saturated carbocycles. The fourth-order valence-electron chi connectivity index (χ4n) is 2.08. The number of nitrogens with one attached hydrogen (secondary N) is 1. The zero-order valence-corrected chi connectivity index (χ0v) is 8.14. The van der Waals surface area contributed by atoms with Crippen molar-refractivity contribution in [1.29, 1.82) is 0 Å². The Bertz CT molecular complexity index is 191. The maximum absolute atomic E-state index is 11.0. The molecule has 1 aliphatic rings. The van der Waals surface area contributed by atoms with E-state index >= 15 is 0 Å². The SMILES string of the molecule is CCCC1(NC=O)CCC(=O)CC1. The van der Waals surface area contributed by atoms with Crippen molar-refractivity contribution in [2.24, 2.45) is 0 Å². The van der Waals surface area contributed by atoms with Crippen LogP contribution in [0.2, 0.25) is 0 Å². The first-order valence-electron chi connectivity index (χ1n) is 4.95. The lowest BCUT2D eigenvalue weighted by atomic mass is 9.78. The van der Waals surface area contributed by atoms with Gasteiger partial charge in [0.15, 0.2) is 0 Å². The molecule has 3 heteroatoms. The van der Waals surface area contributed by atoms with Crippen LogP contribution in [0.3, 0.4) is 0 Å². The summed E-state index contributed by atoms with van der Waals surface area (Å²) >= 11 is 0. The van der Waals surface area contributed by atoms with Crippen molar-refractivity contribution < 1.29 is 9.59 Å². The Labute approximate surface area is 78.9 Å². The number of hydrogen-bond acceptors (Lipinski definition) is 2. The number of carbonyl (C=O) groups is 2. The van der Waals surface area contributed by atoms with Crippen LogP contribution >= 0.6 is 0 Å². The Morgan fingerprint density at radius 2 is 2.08 bits per heavy atom. The van der Waals surface area contributed by atoms with Gasteiger partial charge in [-0.05, 0) is 19.3 Å². The Balaban J connectivity index is 2.56. The summed E-state index contributed by atoms with van der Waals surface area (Å²) in [5.41, 5.74) is -0.0790. The fraction of sp³-hybridized carbons (Fsp3) is 0.800. The van der Waals surface area contributed by atoms with Crippen LogP contribution < -0.4 is 5.32 Å².